The lowest BCUT2D eigenvalue weighted by Crippen LogP contribution is -2.54. The molecule has 0 bridgehead atoms. The average molecular weight is 483 g/mol. The second-order valence-corrected chi connectivity index (χ2v) is 9.02. The average Bonchev–Trinajstić information content (AvgIpc) is 3.07. The fourth-order valence-corrected chi connectivity index (χ4v) is 4.78. The smallest absolute Gasteiger partial charge is 0.406 e. The van der Waals surface area contributed by atoms with Crippen molar-refractivity contribution in [2.75, 3.05) is 24.5 Å². The highest BCUT2D eigenvalue weighted by Gasteiger charge is 2.34. The van der Waals surface area contributed by atoms with E-state index in [9.17, 15) is 13.2 Å². The molecule has 2 atom stereocenters. The van der Waals surface area contributed by atoms with Crippen molar-refractivity contribution < 1.29 is 17.9 Å². The predicted molar refractivity (Wildman–Crippen MR) is 121 cm³/mol. The first-order valence-electron chi connectivity index (χ1n) is 10.8. The molecule has 0 saturated carbocycles. The number of piperazine rings is 1. The molecule has 7 nitrogen and oxygen atoms in total. The summed E-state index contributed by atoms with van der Waals surface area (Å²) < 4.78 is 41.5. The number of alkyl halides is 3. The number of aryl methyl sites for hydroxylation is 1. The number of hydrogen-bond donors (Lipinski definition) is 1. The molecule has 0 spiro atoms. The zero-order valence-corrected chi connectivity index (χ0v) is 19.6. The number of ether oxygens (including phenoxy) is 1. The topological polar surface area (TPSA) is 70.2 Å². The standard InChI is InChI=1S/C22H26ClF3N6O/c1-12(2)18(15-5-7-16(8-6-15)33-22(24,25)26)31-9-10-32(13(3)11-31)20-17-19(28-14(4)27-17)29-21(23)30-20/h5-8,12-13,18H,9-11H2,1-4H3,(H,27,28,29,30). The minimum absolute atomic E-state index is 0.0536. The van der Waals surface area contributed by atoms with Crippen LogP contribution in [0.15, 0.2) is 24.3 Å². The van der Waals surface area contributed by atoms with Crippen LogP contribution in [0.2, 0.25) is 5.28 Å². The number of halogens is 4. The highest BCUT2D eigenvalue weighted by molar-refractivity contribution is 6.28. The molecule has 2 unspecified atom stereocenters. The highest BCUT2D eigenvalue weighted by atomic mass is 35.5. The Kier molecular flexibility index (Phi) is 6.41. The van der Waals surface area contributed by atoms with E-state index >= 15 is 0 Å². The van der Waals surface area contributed by atoms with E-state index in [2.05, 4.69) is 55.2 Å². The summed E-state index contributed by atoms with van der Waals surface area (Å²) in [6.45, 7) is 10.4. The first-order valence-corrected chi connectivity index (χ1v) is 11.2. The first-order chi connectivity index (χ1) is 15.5. The number of H-pyrrole nitrogens is 1. The minimum Gasteiger partial charge on any atom is -0.406 e. The van der Waals surface area contributed by atoms with Gasteiger partial charge in [0, 0.05) is 31.7 Å². The van der Waals surface area contributed by atoms with Gasteiger partial charge >= 0.3 is 6.36 Å². The normalized spacial score (nSPS) is 18.8. The molecule has 3 aromatic rings. The predicted octanol–water partition coefficient (Wildman–Crippen LogP) is 5.12. The summed E-state index contributed by atoms with van der Waals surface area (Å²) >= 11 is 6.16. The van der Waals surface area contributed by atoms with Gasteiger partial charge in [0.15, 0.2) is 11.5 Å². The van der Waals surface area contributed by atoms with Crippen LogP contribution >= 0.6 is 11.6 Å². The van der Waals surface area contributed by atoms with Gasteiger partial charge in [0.05, 0.1) is 0 Å². The number of aromatic amines is 1. The number of imidazole rings is 1. The van der Waals surface area contributed by atoms with E-state index in [0.717, 1.165) is 35.8 Å². The van der Waals surface area contributed by atoms with Gasteiger partial charge in [-0.25, -0.2) is 4.98 Å². The molecule has 1 aliphatic heterocycles. The van der Waals surface area contributed by atoms with Crippen LogP contribution < -0.4 is 9.64 Å². The molecule has 0 radical (unpaired) electrons. The number of fused-ring (bicyclic) bond motifs is 1. The van der Waals surface area contributed by atoms with Gasteiger partial charge in [0.1, 0.15) is 17.1 Å². The van der Waals surface area contributed by atoms with Crippen LogP contribution in [0.3, 0.4) is 0 Å². The molecule has 1 fully saturated rings. The van der Waals surface area contributed by atoms with Gasteiger partial charge in [-0.05, 0) is 49.1 Å². The Hall–Kier alpha value is -2.59. The maximum atomic E-state index is 12.5. The Morgan fingerprint density at radius 3 is 2.42 bits per heavy atom. The summed E-state index contributed by atoms with van der Waals surface area (Å²) in [6, 6.07) is 6.34. The minimum atomic E-state index is -4.70. The molecular weight excluding hydrogens is 457 g/mol. The first kappa shape index (κ1) is 23.6. The molecule has 3 heterocycles. The third-order valence-corrected chi connectivity index (χ3v) is 6.00. The monoisotopic (exact) mass is 482 g/mol. The second-order valence-electron chi connectivity index (χ2n) is 8.68. The van der Waals surface area contributed by atoms with Crippen LogP contribution in [0.1, 0.15) is 38.2 Å². The van der Waals surface area contributed by atoms with Crippen LogP contribution in [0.25, 0.3) is 11.2 Å². The molecule has 2 aromatic heterocycles. The lowest BCUT2D eigenvalue weighted by molar-refractivity contribution is -0.274. The number of nitrogens with zero attached hydrogens (tertiary/aromatic N) is 5. The fraction of sp³-hybridized carbons (Fsp3) is 0.500. The van der Waals surface area contributed by atoms with Crippen molar-refractivity contribution in [2.24, 2.45) is 5.92 Å². The van der Waals surface area contributed by atoms with Crippen molar-refractivity contribution in [3.05, 3.63) is 40.9 Å². The number of nitrogens with one attached hydrogen (secondary N) is 1. The number of anilines is 1. The molecule has 1 aliphatic rings. The second kappa shape index (κ2) is 8.98. The Balaban J connectivity index is 1.54. The van der Waals surface area contributed by atoms with E-state index in [0.29, 0.717) is 12.2 Å². The van der Waals surface area contributed by atoms with Crippen LogP contribution in [0.5, 0.6) is 5.75 Å². The van der Waals surface area contributed by atoms with Crippen molar-refractivity contribution in [3.63, 3.8) is 0 Å². The van der Waals surface area contributed by atoms with Gasteiger partial charge in [-0.1, -0.05) is 26.0 Å². The van der Waals surface area contributed by atoms with E-state index in [1.807, 2.05) is 6.92 Å². The molecule has 33 heavy (non-hydrogen) atoms. The summed E-state index contributed by atoms with van der Waals surface area (Å²) in [4.78, 5) is 20.9. The van der Waals surface area contributed by atoms with Crippen LogP contribution in [0, 0.1) is 12.8 Å². The van der Waals surface area contributed by atoms with Gasteiger partial charge in [0.25, 0.3) is 0 Å². The van der Waals surface area contributed by atoms with E-state index < -0.39 is 6.36 Å². The van der Waals surface area contributed by atoms with Crippen molar-refractivity contribution in [3.8, 4) is 5.75 Å². The number of benzene rings is 1. The molecule has 1 saturated heterocycles. The molecular formula is C22H26ClF3N6O. The molecule has 0 aliphatic carbocycles. The summed E-state index contributed by atoms with van der Waals surface area (Å²) in [5.41, 5.74) is 2.26. The maximum absolute atomic E-state index is 12.5. The Morgan fingerprint density at radius 1 is 1.12 bits per heavy atom. The van der Waals surface area contributed by atoms with Gasteiger partial charge < -0.3 is 14.6 Å². The van der Waals surface area contributed by atoms with Gasteiger partial charge in [-0.15, -0.1) is 13.2 Å². The number of rotatable bonds is 5. The van der Waals surface area contributed by atoms with Crippen molar-refractivity contribution >= 4 is 28.6 Å². The largest absolute Gasteiger partial charge is 0.573 e. The Bertz CT molecular complexity index is 1120. The van der Waals surface area contributed by atoms with Crippen LogP contribution in [0.4, 0.5) is 19.0 Å². The van der Waals surface area contributed by atoms with Crippen molar-refractivity contribution in [1.29, 1.82) is 0 Å². The van der Waals surface area contributed by atoms with Gasteiger partial charge in [-0.2, -0.15) is 9.97 Å². The molecule has 11 heteroatoms. The third kappa shape index (κ3) is 5.16. The van der Waals surface area contributed by atoms with Crippen LogP contribution in [-0.2, 0) is 0 Å². The SMILES string of the molecule is Cc1nc2nc(Cl)nc(N3CCN(C(c4ccc(OC(F)(F)F)cc4)C(C)C)CC3C)c2[nH]1. The highest BCUT2D eigenvalue weighted by Crippen LogP contribution is 2.34. The maximum Gasteiger partial charge on any atom is 0.573 e. The molecule has 1 aromatic carbocycles. The van der Waals surface area contributed by atoms with Crippen LogP contribution in [-0.4, -0.2) is 56.9 Å². The number of hydrogen-bond acceptors (Lipinski definition) is 6. The summed E-state index contributed by atoms with van der Waals surface area (Å²) in [5, 5.41) is 0.153. The summed E-state index contributed by atoms with van der Waals surface area (Å²) in [6.07, 6.45) is -4.70. The lowest BCUT2D eigenvalue weighted by Gasteiger charge is -2.45. The van der Waals surface area contributed by atoms with Gasteiger partial charge in [-0.3, -0.25) is 4.90 Å². The van der Waals surface area contributed by atoms with E-state index in [1.165, 1.54) is 12.1 Å². The number of aromatic nitrogens is 4. The van der Waals surface area contributed by atoms with E-state index in [4.69, 9.17) is 11.6 Å². The quantitative estimate of drug-likeness (QED) is 0.509. The fourth-order valence-electron chi connectivity index (χ4n) is 4.62. The molecule has 178 valence electrons. The Labute approximate surface area is 194 Å². The third-order valence-electron chi connectivity index (χ3n) is 5.83. The Morgan fingerprint density at radius 2 is 1.82 bits per heavy atom. The lowest BCUT2D eigenvalue weighted by atomic mass is 9.93. The van der Waals surface area contributed by atoms with Crippen molar-refractivity contribution in [1.82, 2.24) is 24.8 Å². The molecule has 1 N–H and O–H groups in total. The van der Waals surface area contributed by atoms with E-state index in [1.54, 1.807) is 12.1 Å². The zero-order chi connectivity index (χ0) is 23.9. The zero-order valence-electron chi connectivity index (χ0n) is 18.8. The van der Waals surface area contributed by atoms with E-state index in [-0.39, 0.29) is 29.0 Å². The summed E-state index contributed by atoms with van der Waals surface area (Å²) in [5.74, 6) is 1.51. The summed E-state index contributed by atoms with van der Waals surface area (Å²) in [7, 11) is 0. The molecule has 0 amide bonds. The van der Waals surface area contributed by atoms with Crippen molar-refractivity contribution in [2.45, 2.75) is 46.1 Å². The molecule has 4 rings (SSSR count). The van der Waals surface area contributed by atoms with Gasteiger partial charge in [0.2, 0.25) is 5.28 Å².